The molecule has 0 fully saturated rings. The molecule has 1 aromatic carbocycles. The first-order valence-electron chi connectivity index (χ1n) is 3.88. The number of hydrogen-bond acceptors (Lipinski definition) is 2. The highest BCUT2D eigenvalue weighted by Gasteiger charge is 2.11. The van der Waals surface area contributed by atoms with Crippen molar-refractivity contribution in [1.82, 2.24) is 0 Å². The van der Waals surface area contributed by atoms with Crippen molar-refractivity contribution in [3.8, 4) is 0 Å². The standard InChI is InChI=1S/C9H7Br2ClO2/c1-2-14-9(13)5-3-6(10)8(12)7(11)4-5/h3-4H,2H2,1H3. The van der Waals surface area contributed by atoms with E-state index in [2.05, 4.69) is 31.9 Å². The van der Waals surface area contributed by atoms with E-state index >= 15 is 0 Å². The molecule has 1 aromatic rings. The van der Waals surface area contributed by atoms with Crippen molar-refractivity contribution in [1.29, 1.82) is 0 Å². The van der Waals surface area contributed by atoms with Crippen molar-refractivity contribution in [3.05, 3.63) is 31.7 Å². The van der Waals surface area contributed by atoms with Gasteiger partial charge >= 0.3 is 5.97 Å². The Balaban J connectivity index is 3.06. The molecule has 0 aliphatic rings. The van der Waals surface area contributed by atoms with Crippen molar-refractivity contribution in [2.24, 2.45) is 0 Å². The van der Waals surface area contributed by atoms with Gasteiger partial charge in [-0.05, 0) is 50.9 Å². The quantitative estimate of drug-likeness (QED) is 0.599. The van der Waals surface area contributed by atoms with E-state index in [9.17, 15) is 4.79 Å². The van der Waals surface area contributed by atoms with Crippen LogP contribution in [0.4, 0.5) is 0 Å². The van der Waals surface area contributed by atoms with Crippen LogP contribution in [0.1, 0.15) is 17.3 Å². The van der Waals surface area contributed by atoms with Crippen LogP contribution in [0, 0.1) is 0 Å². The molecule has 0 spiro atoms. The molecule has 5 heteroatoms. The van der Waals surface area contributed by atoms with Crippen LogP contribution in [0.15, 0.2) is 21.1 Å². The molecule has 0 N–H and O–H groups in total. The first-order valence-corrected chi connectivity index (χ1v) is 5.84. The fraction of sp³-hybridized carbons (Fsp3) is 0.222. The van der Waals surface area contributed by atoms with E-state index in [0.29, 0.717) is 26.1 Å². The zero-order valence-corrected chi connectivity index (χ0v) is 11.2. The fourth-order valence-electron chi connectivity index (χ4n) is 0.888. The molecule has 2 nitrogen and oxygen atoms in total. The van der Waals surface area contributed by atoms with Crippen LogP contribution < -0.4 is 0 Å². The molecule has 0 atom stereocenters. The van der Waals surface area contributed by atoms with Gasteiger partial charge in [0.05, 0.1) is 17.2 Å². The van der Waals surface area contributed by atoms with Gasteiger partial charge in [-0.2, -0.15) is 0 Å². The lowest BCUT2D eigenvalue weighted by atomic mass is 10.2. The van der Waals surface area contributed by atoms with Crippen molar-refractivity contribution >= 4 is 49.4 Å². The first kappa shape index (κ1) is 12.0. The second-order valence-electron chi connectivity index (χ2n) is 2.47. The van der Waals surface area contributed by atoms with Gasteiger partial charge in [0.1, 0.15) is 0 Å². The maximum absolute atomic E-state index is 11.4. The molecule has 0 bridgehead atoms. The van der Waals surface area contributed by atoms with Gasteiger partial charge in [-0.1, -0.05) is 11.6 Å². The molecule has 0 heterocycles. The summed E-state index contributed by atoms with van der Waals surface area (Å²) in [4.78, 5) is 11.4. The van der Waals surface area contributed by atoms with Gasteiger partial charge < -0.3 is 4.74 Å². The molecule has 0 aliphatic heterocycles. The van der Waals surface area contributed by atoms with E-state index in [1.807, 2.05) is 0 Å². The van der Waals surface area contributed by atoms with Crippen LogP contribution in [-0.4, -0.2) is 12.6 Å². The Morgan fingerprint density at radius 1 is 1.43 bits per heavy atom. The third-order valence-electron chi connectivity index (χ3n) is 1.49. The molecule has 0 aromatic heterocycles. The van der Waals surface area contributed by atoms with Gasteiger partial charge in [0.2, 0.25) is 0 Å². The number of esters is 1. The number of carbonyl (C=O) groups is 1. The summed E-state index contributed by atoms with van der Waals surface area (Å²) in [5, 5.41) is 0.540. The van der Waals surface area contributed by atoms with Crippen molar-refractivity contribution < 1.29 is 9.53 Å². The van der Waals surface area contributed by atoms with Crippen molar-refractivity contribution in [2.75, 3.05) is 6.61 Å². The van der Waals surface area contributed by atoms with Gasteiger partial charge in [0.15, 0.2) is 0 Å². The SMILES string of the molecule is CCOC(=O)c1cc(Br)c(Cl)c(Br)c1. The Kier molecular flexibility index (Phi) is 4.41. The van der Waals surface area contributed by atoms with Crippen LogP contribution >= 0.6 is 43.5 Å². The minimum Gasteiger partial charge on any atom is -0.462 e. The maximum atomic E-state index is 11.4. The molecule has 0 aliphatic carbocycles. The summed E-state index contributed by atoms with van der Waals surface area (Å²) < 4.78 is 6.18. The number of rotatable bonds is 2. The topological polar surface area (TPSA) is 26.3 Å². The van der Waals surface area contributed by atoms with E-state index in [0.717, 1.165) is 0 Å². The summed E-state index contributed by atoms with van der Waals surface area (Å²) in [5.41, 5.74) is 0.468. The normalized spacial score (nSPS) is 10.0. The zero-order valence-electron chi connectivity index (χ0n) is 7.31. The van der Waals surface area contributed by atoms with E-state index in [4.69, 9.17) is 16.3 Å². The summed E-state index contributed by atoms with van der Waals surface area (Å²) in [6, 6.07) is 3.26. The number of hydrogen-bond donors (Lipinski definition) is 0. The molecule has 0 amide bonds. The lowest BCUT2D eigenvalue weighted by Gasteiger charge is -2.04. The Labute approximate surface area is 104 Å². The van der Waals surface area contributed by atoms with Crippen LogP contribution in [0.25, 0.3) is 0 Å². The third-order valence-corrected chi connectivity index (χ3v) is 3.61. The summed E-state index contributed by atoms with van der Waals surface area (Å²) in [6.45, 7) is 2.12. The van der Waals surface area contributed by atoms with Crippen molar-refractivity contribution in [2.45, 2.75) is 6.92 Å². The Hall–Kier alpha value is -0.0600. The zero-order chi connectivity index (χ0) is 10.7. The van der Waals surface area contributed by atoms with Gasteiger partial charge in [-0.15, -0.1) is 0 Å². The minimum atomic E-state index is -0.356. The molecule has 0 saturated heterocycles. The second-order valence-corrected chi connectivity index (χ2v) is 4.56. The summed E-state index contributed by atoms with van der Waals surface area (Å²) in [6.07, 6.45) is 0. The molecule has 14 heavy (non-hydrogen) atoms. The van der Waals surface area contributed by atoms with Crippen LogP contribution in [0.3, 0.4) is 0 Å². The average molecular weight is 342 g/mol. The predicted molar refractivity (Wildman–Crippen MR) is 62.8 cm³/mol. The number of ether oxygens (including phenoxy) is 1. The lowest BCUT2D eigenvalue weighted by Crippen LogP contribution is -2.04. The van der Waals surface area contributed by atoms with Crippen molar-refractivity contribution in [3.63, 3.8) is 0 Å². The smallest absolute Gasteiger partial charge is 0.338 e. The number of carbonyl (C=O) groups excluding carboxylic acids is 1. The maximum Gasteiger partial charge on any atom is 0.338 e. The summed E-state index contributed by atoms with van der Waals surface area (Å²) >= 11 is 12.4. The summed E-state index contributed by atoms with van der Waals surface area (Å²) in [7, 11) is 0. The van der Waals surface area contributed by atoms with E-state index in [-0.39, 0.29) is 5.97 Å². The third kappa shape index (κ3) is 2.72. The molecule has 76 valence electrons. The van der Waals surface area contributed by atoms with E-state index in [1.54, 1.807) is 19.1 Å². The van der Waals surface area contributed by atoms with Gasteiger partial charge in [0.25, 0.3) is 0 Å². The first-order chi connectivity index (χ1) is 6.56. The van der Waals surface area contributed by atoms with Gasteiger partial charge in [-0.3, -0.25) is 0 Å². The van der Waals surface area contributed by atoms with E-state index < -0.39 is 0 Å². The second kappa shape index (κ2) is 5.14. The molecular weight excluding hydrogens is 335 g/mol. The Bertz CT molecular complexity index is 343. The molecule has 0 unspecified atom stereocenters. The number of benzene rings is 1. The van der Waals surface area contributed by atoms with Gasteiger partial charge in [0, 0.05) is 8.95 Å². The Morgan fingerprint density at radius 2 is 1.93 bits per heavy atom. The van der Waals surface area contributed by atoms with E-state index in [1.165, 1.54) is 0 Å². The monoisotopic (exact) mass is 340 g/mol. The Morgan fingerprint density at radius 3 is 2.36 bits per heavy atom. The highest BCUT2D eigenvalue weighted by molar-refractivity contribution is 9.11. The molecule has 0 radical (unpaired) electrons. The molecular formula is C9H7Br2ClO2. The minimum absolute atomic E-state index is 0.356. The summed E-state index contributed by atoms with van der Waals surface area (Å²) in [5.74, 6) is -0.356. The largest absolute Gasteiger partial charge is 0.462 e. The average Bonchev–Trinajstić information content (AvgIpc) is 2.13. The predicted octanol–water partition coefficient (Wildman–Crippen LogP) is 4.04. The van der Waals surface area contributed by atoms with Crippen LogP contribution in [0.2, 0.25) is 5.02 Å². The molecule has 0 saturated carbocycles. The highest BCUT2D eigenvalue weighted by Crippen LogP contribution is 2.31. The number of halogens is 3. The molecule has 1 rings (SSSR count). The highest BCUT2D eigenvalue weighted by atomic mass is 79.9. The van der Waals surface area contributed by atoms with Crippen LogP contribution in [-0.2, 0) is 4.74 Å². The lowest BCUT2D eigenvalue weighted by molar-refractivity contribution is 0.0526. The fourth-order valence-corrected chi connectivity index (χ4v) is 2.18. The van der Waals surface area contributed by atoms with Crippen LogP contribution in [0.5, 0.6) is 0 Å². The van der Waals surface area contributed by atoms with Gasteiger partial charge in [-0.25, -0.2) is 4.79 Å².